The highest BCUT2D eigenvalue weighted by molar-refractivity contribution is 7.70. The summed E-state index contributed by atoms with van der Waals surface area (Å²) in [5.74, 6) is -3.83. The maximum atomic E-state index is 14.4. The topological polar surface area (TPSA) is 81.4 Å². The highest BCUT2D eigenvalue weighted by Crippen LogP contribution is 2.40. The molecule has 1 aromatic carbocycles. The van der Waals surface area contributed by atoms with Crippen LogP contribution in [0.5, 0.6) is 5.75 Å². The molecule has 0 spiro atoms. The number of nitrogens with zero attached hydrogens (tertiary/aromatic N) is 1. The van der Waals surface area contributed by atoms with Crippen LogP contribution in [0.15, 0.2) is 28.8 Å². The van der Waals surface area contributed by atoms with Gasteiger partial charge in [0.05, 0.1) is 6.61 Å². The molecule has 0 amide bonds. The Morgan fingerprint density at radius 1 is 1.32 bits per heavy atom. The lowest BCUT2D eigenvalue weighted by atomic mass is 9.78. The van der Waals surface area contributed by atoms with Crippen molar-refractivity contribution < 1.29 is 30.8 Å². The van der Waals surface area contributed by atoms with Crippen molar-refractivity contribution >= 4 is 10.9 Å². The van der Waals surface area contributed by atoms with Crippen LogP contribution in [0.2, 0.25) is 0 Å². The van der Waals surface area contributed by atoms with Crippen LogP contribution in [0.1, 0.15) is 25.0 Å². The molecule has 0 bridgehead atoms. The fraction of sp³-hybridized carbons (Fsp3) is 0.500. The first-order valence-corrected chi connectivity index (χ1v) is 10.0. The molecule has 10 heteroatoms. The number of ether oxygens (including phenoxy) is 1. The molecule has 1 aliphatic rings. The predicted octanol–water partition coefficient (Wildman–Crippen LogP) is 3.34. The third kappa shape index (κ3) is 5.26. The molecule has 1 heterocycles. The van der Waals surface area contributed by atoms with Crippen LogP contribution in [0.4, 0.5) is 13.2 Å². The Balaban J connectivity index is 1.68. The number of thiol groups is 1. The van der Waals surface area contributed by atoms with E-state index < -0.39 is 35.0 Å². The van der Waals surface area contributed by atoms with Gasteiger partial charge in [-0.1, -0.05) is 5.16 Å². The summed E-state index contributed by atoms with van der Waals surface area (Å²) in [6.45, 7) is 1.66. The second kappa shape index (κ2) is 8.52. The van der Waals surface area contributed by atoms with E-state index in [0.717, 1.165) is 0 Å². The molecule has 28 heavy (non-hydrogen) atoms. The number of halogens is 3. The summed E-state index contributed by atoms with van der Waals surface area (Å²) in [5, 5.41) is 3.81. The van der Waals surface area contributed by atoms with E-state index in [9.17, 15) is 21.6 Å². The number of alkyl halides is 2. The van der Waals surface area contributed by atoms with Crippen molar-refractivity contribution in [3.05, 3.63) is 35.8 Å². The van der Waals surface area contributed by atoms with Gasteiger partial charge in [-0.25, -0.2) is 26.3 Å². The van der Waals surface area contributed by atoms with E-state index in [1.54, 1.807) is 19.1 Å². The number of nitrogens with one attached hydrogen (secondary N) is 1. The van der Waals surface area contributed by atoms with Gasteiger partial charge in [0.1, 0.15) is 11.5 Å². The summed E-state index contributed by atoms with van der Waals surface area (Å²) in [4.78, 5) is 0. The van der Waals surface area contributed by atoms with Crippen molar-refractivity contribution in [3.8, 4) is 17.0 Å². The Kier molecular flexibility index (Phi) is 6.29. The van der Waals surface area contributed by atoms with Crippen molar-refractivity contribution in [1.82, 2.24) is 9.88 Å². The van der Waals surface area contributed by atoms with Gasteiger partial charge >= 0.3 is 0 Å². The highest BCUT2D eigenvalue weighted by Gasteiger charge is 2.41. The largest absolute Gasteiger partial charge is 0.490 e. The van der Waals surface area contributed by atoms with Gasteiger partial charge in [0.25, 0.3) is 0 Å². The molecule has 2 atom stereocenters. The maximum Gasteiger partial charge on any atom is 0.248 e. The van der Waals surface area contributed by atoms with Crippen LogP contribution in [0.3, 0.4) is 0 Å². The van der Waals surface area contributed by atoms with Gasteiger partial charge in [-0.3, -0.25) is 0 Å². The van der Waals surface area contributed by atoms with Gasteiger partial charge in [-0.15, -0.1) is 0 Å². The maximum absolute atomic E-state index is 14.4. The first-order valence-electron chi connectivity index (χ1n) is 8.85. The van der Waals surface area contributed by atoms with Gasteiger partial charge < -0.3 is 9.26 Å². The highest BCUT2D eigenvalue weighted by atomic mass is 32.2. The second-order valence-corrected chi connectivity index (χ2v) is 7.85. The molecular weight excluding hydrogens is 397 g/mol. The summed E-state index contributed by atoms with van der Waals surface area (Å²) in [6, 6.07) is 5.92. The molecule has 0 radical (unpaired) electrons. The van der Waals surface area contributed by atoms with Gasteiger partial charge in [0, 0.05) is 36.9 Å². The normalized spacial score (nSPS) is 21.8. The Morgan fingerprint density at radius 2 is 2.11 bits per heavy atom. The quantitative estimate of drug-likeness (QED) is 0.674. The molecular formula is C18H21F3N2O4S. The Hall–Kier alpha value is -2.07. The fourth-order valence-electron chi connectivity index (χ4n) is 3.42. The summed E-state index contributed by atoms with van der Waals surface area (Å²) >= 11 is 0. The number of aryl methyl sites for hydroxylation is 1. The predicted molar refractivity (Wildman–Crippen MR) is 96.2 cm³/mol. The zero-order chi connectivity index (χ0) is 20.3. The first kappa shape index (κ1) is 20.7. The minimum Gasteiger partial charge on any atom is -0.490 e. The van der Waals surface area contributed by atoms with E-state index in [2.05, 4.69) is 9.88 Å². The molecule has 0 aliphatic heterocycles. The molecule has 154 valence electrons. The van der Waals surface area contributed by atoms with Crippen LogP contribution in [-0.4, -0.2) is 32.6 Å². The zero-order valence-electron chi connectivity index (χ0n) is 15.2. The van der Waals surface area contributed by atoms with Crippen molar-refractivity contribution in [2.75, 3.05) is 13.2 Å². The van der Waals surface area contributed by atoms with E-state index in [4.69, 9.17) is 9.26 Å². The van der Waals surface area contributed by atoms with Crippen LogP contribution in [-0.2, 0) is 10.9 Å². The Morgan fingerprint density at radius 3 is 2.75 bits per heavy atom. The summed E-state index contributed by atoms with van der Waals surface area (Å²) in [5.41, 5.74) is 0.986. The smallest absolute Gasteiger partial charge is 0.248 e. The summed E-state index contributed by atoms with van der Waals surface area (Å²) in [7, 11) is -2.80. The van der Waals surface area contributed by atoms with Gasteiger partial charge in [0.2, 0.25) is 16.8 Å². The molecule has 1 aromatic heterocycles. The lowest BCUT2D eigenvalue weighted by molar-refractivity contribution is -0.0758. The zero-order valence-corrected chi connectivity index (χ0v) is 16.1. The standard InChI is InChI=1S/C18H21F3N2O4S/c1-11-6-16(23-27-11)12-2-3-17(15(19)7-12)26-10-14-8-18(20,21)5-4-13(14)9-22-28(24)25/h2-3,6-7,13-14,28H,4-5,8-10H2,1H3,(H,22,24,25)/t13-,14+/m1/s1. The SMILES string of the molecule is Cc1cc(-c2ccc(OC[C@@H]3CC(F)(F)CC[C@@H]3CN[SH](=O)=O)c(F)c2)no1. The van der Waals surface area contributed by atoms with Crippen LogP contribution in [0.25, 0.3) is 11.3 Å². The van der Waals surface area contributed by atoms with E-state index in [-0.39, 0.29) is 37.7 Å². The molecule has 1 aliphatic carbocycles. The molecule has 1 N–H and O–H groups in total. The molecule has 2 aromatic rings. The van der Waals surface area contributed by atoms with Crippen LogP contribution >= 0.6 is 0 Å². The van der Waals surface area contributed by atoms with Gasteiger partial charge in [0.15, 0.2) is 11.6 Å². The van der Waals surface area contributed by atoms with Gasteiger partial charge in [-0.05, 0) is 37.5 Å². The molecule has 1 saturated carbocycles. The number of rotatable bonds is 7. The summed E-state index contributed by atoms with van der Waals surface area (Å²) in [6.07, 6.45) is -0.553. The van der Waals surface area contributed by atoms with E-state index in [1.165, 1.54) is 12.1 Å². The van der Waals surface area contributed by atoms with Crippen LogP contribution in [0, 0.1) is 24.6 Å². The Labute approximate surface area is 162 Å². The molecule has 6 nitrogen and oxygen atoms in total. The van der Waals surface area contributed by atoms with Crippen molar-refractivity contribution in [1.29, 1.82) is 0 Å². The number of benzene rings is 1. The molecule has 0 saturated heterocycles. The summed E-state index contributed by atoms with van der Waals surface area (Å²) < 4.78 is 76.1. The third-order valence-electron chi connectivity index (χ3n) is 4.90. The Bertz CT molecular complexity index is 893. The lowest BCUT2D eigenvalue weighted by Gasteiger charge is -2.35. The minimum absolute atomic E-state index is 0.0560. The van der Waals surface area contributed by atoms with E-state index in [1.807, 2.05) is 0 Å². The third-order valence-corrected chi connectivity index (χ3v) is 5.34. The van der Waals surface area contributed by atoms with Crippen molar-refractivity contribution in [3.63, 3.8) is 0 Å². The molecule has 3 rings (SSSR count). The number of hydrogen-bond acceptors (Lipinski definition) is 5. The lowest BCUT2D eigenvalue weighted by Crippen LogP contribution is -2.40. The first-order chi connectivity index (χ1) is 13.2. The van der Waals surface area contributed by atoms with Crippen molar-refractivity contribution in [2.45, 2.75) is 32.1 Å². The molecule has 1 fully saturated rings. The average Bonchev–Trinajstić information content (AvgIpc) is 3.05. The van der Waals surface area contributed by atoms with Crippen LogP contribution < -0.4 is 9.46 Å². The number of aromatic nitrogens is 1. The molecule has 0 unspecified atom stereocenters. The monoisotopic (exact) mass is 418 g/mol. The fourth-order valence-corrected chi connectivity index (χ4v) is 3.80. The number of hydrogen-bond donors (Lipinski definition) is 2. The second-order valence-electron chi connectivity index (χ2n) is 7.02. The minimum atomic E-state index is -2.84. The van der Waals surface area contributed by atoms with E-state index >= 15 is 0 Å². The average molecular weight is 418 g/mol. The van der Waals surface area contributed by atoms with Crippen molar-refractivity contribution in [2.24, 2.45) is 11.8 Å². The van der Waals surface area contributed by atoms with E-state index in [0.29, 0.717) is 17.0 Å². The van der Waals surface area contributed by atoms with Gasteiger partial charge in [-0.2, -0.15) is 0 Å².